The number of likely N-dealkylation sites (tertiary alicyclic amines) is 1. The molecule has 3 aromatic carbocycles. The Bertz CT molecular complexity index is 1800. The van der Waals surface area contributed by atoms with Gasteiger partial charge in [-0.1, -0.05) is 59.6 Å². The fourth-order valence-electron chi connectivity index (χ4n) is 5.96. The van der Waals surface area contributed by atoms with Crippen LogP contribution >= 0.6 is 23.2 Å². The smallest absolute Gasteiger partial charge is 0.287 e. The molecule has 0 unspecified atom stereocenters. The molecular weight excluding hydrogens is 615 g/mol. The number of hydrogen-bond acceptors (Lipinski definition) is 6. The number of hydrogen-bond donors (Lipinski definition) is 1. The molecule has 2 aliphatic rings. The van der Waals surface area contributed by atoms with E-state index in [0.29, 0.717) is 44.2 Å². The number of carbonyl (C=O) groups excluding carboxylic acids is 3. The summed E-state index contributed by atoms with van der Waals surface area (Å²) in [6.07, 6.45) is 1.70. The summed E-state index contributed by atoms with van der Waals surface area (Å²) >= 11 is 12.3. The van der Waals surface area contributed by atoms with Crippen LogP contribution in [0.3, 0.4) is 0 Å². The molecule has 1 atom stereocenters. The van der Waals surface area contributed by atoms with Crippen molar-refractivity contribution in [3.8, 4) is 0 Å². The highest BCUT2D eigenvalue weighted by molar-refractivity contribution is 6.34. The van der Waals surface area contributed by atoms with Crippen molar-refractivity contribution in [1.29, 1.82) is 0 Å². The van der Waals surface area contributed by atoms with Gasteiger partial charge in [-0.3, -0.25) is 19.2 Å². The van der Waals surface area contributed by atoms with Crippen LogP contribution in [0, 0.1) is 0 Å². The molecule has 3 heterocycles. The zero-order chi connectivity index (χ0) is 31.5. The third-order valence-corrected chi connectivity index (χ3v) is 8.89. The van der Waals surface area contributed by atoms with Gasteiger partial charge in [0.1, 0.15) is 6.04 Å². The topological polar surface area (TPSA) is 103 Å². The van der Waals surface area contributed by atoms with Crippen LogP contribution in [0.2, 0.25) is 10.0 Å². The van der Waals surface area contributed by atoms with E-state index in [1.807, 2.05) is 29.2 Å². The number of anilines is 1. The van der Waals surface area contributed by atoms with E-state index in [1.165, 1.54) is 0 Å². The quantitative estimate of drug-likeness (QED) is 0.292. The number of carbonyl (C=O) groups is 3. The van der Waals surface area contributed by atoms with E-state index in [4.69, 9.17) is 27.6 Å². The minimum absolute atomic E-state index is 0.114. The van der Waals surface area contributed by atoms with Gasteiger partial charge in [0.25, 0.3) is 5.91 Å². The van der Waals surface area contributed by atoms with Gasteiger partial charge in [0, 0.05) is 68.9 Å². The molecule has 6 rings (SSSR count). The normalized spacial score (nSPS) is 15.9. The summed E-state index contributed by atoms with van der Waals surface area (Å²) in [5, 5.41) is 3.84. The molecule has 0 spiro atoms. The standard InChI is InChI=1S/C34H32Cl2N4O5/c35-24-12-10-22(11-13-24)19-27(37-33(43)30-20-29(41)25-6-3-7-26(36)32(25)45-30)34(44)39-17-15-38(16-18-39)28-8-2-1-5-23(28)21-40-14-4-9-31(40)42/h1-3,5-8,10-13,20,27H,4,9,14-19,21H2,(H,37,43)/t27-/m0/s1. The van der Waals surface area contributed by atoms with Gasteiger partial charge >= 0.3 is 0 Å². The molecule has 9 nitrogen and oxygen atoms in total. The van der Waals surface area contributed by atoms with Crippen LogP contribution in [0.25, 0.3) is 11.0 Å². The summed E-state index contributed by atoms with van der Waals surface area (Å²) in [6, 6.07) is 20.1. The van der Waals surface area contributed by atoms with Crippen molar-refractivity contribution in [2.24, 2.45) is 0 Å². The Kier molecular flexibility index (Phi) is 9.09. The van der Waals surface area contributed by atoms with E-state index in [2.05, 4.69) is 22.3 Å². The maximum Gasteiger partial charge on any atom is 0.287 e. The van der Waals surface area contributed by atoms with Crippen LogP contribution in [-0.2, 0) is 22.6 Å². The number of nitrogens with one attached hydrogen (secondary N) is 1. The third-order valence-electron chi connectivity index (χ3n) is 8.34. The summed E-state index contributed by atoms with van der Waals surface area (Å²) in [5.74, 6) is -0.979. The number of amides is 3. The zero-order valence-corrected chi connectivity index (χ0v) is 26.0. The highest BCUT2D eigenvalue weighted by Crippen LogP contribution is 2.26. The molecule has 45 heavy (non-hydrogen) atoms. The molecule has 11 heteroatoms. The van der Waals surface area contributed by atoms with Crippen LogP contribution in [0.5, 0.6) is 0 Å². The molecule has 0 saturated carbocycles. The van der Waals surface area contributed by atoms with E-state index >= 15 is 0 Å². The first kappa shape index (κ1) is 30.7. The Hall–Kier alpha value is -4.34. The number of nitrogens with zero attached hydrogens (tertiary/aromatic N) is 3. The highest BCUT2D eigenvalue weighted by atomic mass is 35.5. The summed E-state index contributed by atoms with van der Waals surface area (Å²) < 4.78 is 5.74. The van der Waals surface area contributed by atoms with Gasteiger partial charge in [-0.25, -0.2) is 0 Å². The minimum atomic E-state index is -0.925. The van der Waals surface area contributed by atoms with Crippen LogP contribution in [0.4, 0.5) is 5.69 Å². The van der Waals surface area contributed by atoms with Gasteiger partial charge < -0.3 is 24.4 Å². The number of halogens is 2. The van der Waals surface area contributed by atoms with Crippen molar-refractivity contribution in [2.45, 2.75) is 31.8 Å². The van der Waals surface area contributed by atoms with E-state index in [0.717, 1.165) is 35.8 Å². The lowest BCUT2D eigenvalue weighted by atomic mass is 10.0. The second-order valence-corrected chi connectivity index (χ2v) is 12.2. The number of rotatable bonds is 8. The average molecular weight is 648 g/mol. The molecule has 0 radical (unpaired) electrons. The molecule has 0 aliphatic carbocycles. The number of benzene rings is 3. The average Bonchev–Trinajstić information content (AvgIpc) is 3.46. The summed E-state index contributed by atoms with van der Waals surface area (Å²) in [4.78, 5) is 58.2. The maximum absolute atomic E-state index is 14.0. The lowest BCUT2D eigenvalue weighted by Gasteiger charge is -2.38. The Morgan fingerprint density at radius 3 is 2.38 bits per heavy atom. The molecule has 2 aliphatic heterocycles. The monoisotopic (exact) mass is 646 g/mol. The molecule has 2 saturated heterocycles. The predicted octanol–water partition coefficient (Wildman–Crippen LogP) is 4.91. The van der Waals surface area contributed by atoms with Crippen molar-refractivity contribution in [1.82, 2.24) is 15.1 Å². The summed E-state index contributed by atoms with van der Waals surface area (Å²) in [7, 11) is 0. The van der Waals surface area contributed by atoms with Crippen molar-refractivity contribution < 1.29 is 18.8 Å². The van der Waals surface area contributed by atoms with Crippen molar-refractivity contribution in [2.75, 3.05) is 37.6 Å². The van der Waals surface area contributed by atoms with Gasteiger partial charge in [-0.2, -0.15) is 0 Å². The SMILES string of the molecule is O=C(N[C@@H](Cc1ccc(Cl)cc1)C(=O)N1CCN(c2ccccc2CN2CCCC2=O)CC1)c1cc(=O)c2cccc(Cl)c2o1. The molecular formula is C34H32Cl2N4O5. The second kappa shape index (κ2) is 13.3. The molecule has 4 aromatic rings. The first-order valence-corrected chi connectivity index (χ1v) is 15.7. The Morgan fingerprint density at radius 2 is 1.64 bits per heavy atom. The largest absolute Gasteiger partial charge is 0.449 e. The summed E-state index contributed by atoms with van der Waals surface area (Å²) in [6.45, 7) is 3.42. The van der Waals surface area contributed by atoms with E-state index < -0.39 is 17.4 Å². The third kappa shape index (κ3) is 6.84. The lowest BCUT2D eigenvalue weighted by Crippen LogP contribution is -2.55. The molecule has 1 aromatic heterocycles. The number of piperazine rings is 1. The molecule has 3 amide bonds. The fraction of sp³-hybridized carbons (Fsp3) is 0.294. The first-order chi connectivity index (χ1) is 21.8. The molecule has 0 bridgehead atoms. The molecule has 232 valence electrons. The fourth-order valence-corrected chi connectivity index (χ4v) is 6.30. The van der Waals surface area contributed by atoms with Crippen LogP contribution < -0.4 is 15.6 Å². The van der Waals surface area contributed by atoms with E-state index in [1.54, 1.807) is 35.2 Å². The second-order valence-electron chi connectivity index (χ2n) is 11.3. The lowest BCUT2D eigenvalue weighted by molar-refractivity contribution is -0.133. The van der Waals surface area contributed by atoms with E-state index in [9.17, 15) is 19.2 Å². The van der Waals surface area contributed by atoms with Crippen LogP contribution in [0.1, 0.15) is 34.5 Å². The number of para-hydroxylation sites is 2. The van der Waals surface area contributed by atoms with Gasteiger partial charge in [-0.15, -0.1) is 0 Å². The zero-order valence-electron chi connectivity index (χ0n) is 24.5. The van der Waals surface area contributed by atoms with Crippen molar-refractivity contribution >= 4 is 57.6 Å². The van der Waals surface area contributed by atoms with E-state index in [-0.39, 0.29) is 40.0 Å². The predicted molar refractivity (Wildman–Crippen MR) is 174 cm³/mol. The minimum Gasteiger partial charge on any atom is -0.449 e. The molecule has 1 N–H and O–H groups in total. The van der Waals surface area contributed by atoms with Crippen molar-refractivity contribution in [3.05, 3.63) is 110 Å². The Morgan fingerprint density at radius 1 is 0.889 bits per heavy atom. The number of fused-ring (bicyclic) bond motifs is 1. The molecule has 2 fully saturated rings. The van der Waals surface area contributed by atoms with Crippen LogP contribution in [0.15, 0.2) is 82.0 Å². The van der Waals surface area contributed by atoms with Crippen molar-refractivity contribution in [3.63, 3.8) is 0 Å². The summed E-state index contributed by atoms with van der Waals surface area (Å²) in [5.41, 5.74) is 2.65. The highest BCUT2D eigenvalue weighted by Gasteiger charge is 2.31. The van der Waals surface area contributed by atoms with Gasteiger partial charge in [0.2, 0.25) is 11.8 Å². The van der Waals surface area contributed by atoms with Gasteiger partial charge in [0.15, 0.2) is 16.8 Å². The van der Waals surface area contributed by atoms with Gasteiger partial charge in [-0.05, 0) is 47.9 Å². The Balaban J connectivity index is 1.19. The first-order valence-electron chi connectivity index (χ1n) is 14.9. The maximum atomic E-state index is 14.0. The van der Waals surface area contributed by atoms with Gasteiger partial charge in [0.05, 0.1) is 10.4 Å². The Labute approximate surface area is 270 Å². The van der Waals surface area contributed by atoms with Crippen LogP contribution in [-0.4, -0.2) is 66.3 Å².